The van der Waals surface area contributed by atoms with E-state index in [1.807, 2.05) is 29.6 Å². The van der Waals surface area contributed by atoms with Gasteiger partial charge in [-0.1, -0.05) is 12.8 Å². The Morgan fingerprint density at radius 1 is 1.17 bits per heavy atom. The largest absolute Gasteiger partial charge is 0.384 e. The molecule has 1 aromatic heterocycles. The molecule has 0 aromatic carbocycles. The molecule has 2 aliphatic rings. The van der Waals surface area contributed by atoms with Crippen LogP contribution in [0.5, 0.6) is 0 Å². The summed E-state index contributed by atoms with van der Waals surface area (Å²) < 4.78 is 0. The Morgan fingerprint density at radius 2 is 2.00 bits per heavy atom. The highest BCUT2D eigenvalue weighted by Crippen LogP contribution is 2.38. The lowest BCUT2D eigenvalue weighted by atomic mass is 10.0. The fraction of sp³-hybridized carbons (Fsp3) is 0.692. The van der Waals surface area contributed by atoms with E-state index in [0.717, 1.165) is 11.6 Å². The van der Waals surface area contributed by atoms with Gasteiger partial charge >= 0.3 is 0 Å². The third-order valence-electron chi connectivity index (χ3n) is 3.66. The molecule has 0 amide bonds. The van der Waals surface area contributed by atoms with Crippen molar-refractivity contribution >= 4 is 29.3 Å². The number of nitrogen functional groups attached to an aromatic ring is 1. The fourth-order valence-electron chi connectivity index (χ4n) is 2.72. The summed E-state index contributed by atoms with van der Waals surface area (Å²) in [5, 5.41) is 0.437. The number of aromatic nitrogens is 2. The van der Waals surface area contributed by atoms with E-state index in [1.54, 1.807) is 0 Å². The second-order valence-electron chi connectivity index (χ2n) is 4.99. The number of rotatable bonds is 2. The minimum atomic E-state index is 0.437. The molecule has 2 heterocycles. The molecule has 1 saturated carbocycles. The van der Waals surface area contributed by atoms with Crippen LogP contribution in [0.2, 0.25) is 0 Å². The minimum Gasteiger partial charge on any atom is -0.384 e. The van der Waals surface area contributed by atoms with Gasteiger partial charge in [-0.15, -0.1) is 11.8 Å². The highest BCUT2D eigenvalue weighted by molar-refractivity contribution is 8.06. The average molecular weight is 281 g/mol. The van der Waals surface area contributed by atoms with Crippen molar-refractivity contribution in [2.45, 2.75) is 36.9 Å². The maximum Gasteiger partial charge on any atom is 0.144 e. The normalized spacial score (nSPS) is 25.4. The SMILES string of the molecule is Nc1cc(C2CCCC2)nc(C2CSCCS2)n1. The molecule has 0 bridgehead atoms. The molecule has 1 aliphatic heterocycles. The Balaban J connectivity index is 1.84. The molecule has 2 N–H and O–H groups in total. The Bertz CT molecular complexity index is 413. The van der Waals surface area contributed by atoms with Crippen molar-refractivity contribution in [1.29, 1.82) is 0 Å². The fourth-order valence-corrected chi connectivity index (χ4v) is 5.32. The first-order chi connectivity index (χ1) is 8.83. The van der Waals surface area contributed by atoms with Gasteiger partial charge in [0, 0.05) is 34.9 Å². The van der Waals surface area contributed by atoms with Crippen LogP contribution in [0.4, 0.5) is 5.82 Å². The third kappa shape index (κ3) is 2.77. The van der Waals surface area contributed by atoms with Gasteiger partial charge < -0.3 is 5.73 Å². The maximum atomic E-state index is 5.97. The van der Waals surface area contributed by atoms with Crippen molar-refractivity contribution in [2.75, 3.05) is 23.0 Å². The molecule has 2 fully saturated rings. The summed E-state index contributed by atoms with van der Waals surface area (Å²) in [6.07, 6.45) is 5.20. The lowest BCUT2D eigenvalue weighted by molar-refractivity contribution is 0.685. The Morgan fingerprint density at radius 3 is 2.72 bits per heavy atom. The number of hydrogen-bond acceptors (Lipinski definition) is 5. The van der Waals surface area contributed by atoms with Gasteiger partial charge in [0.25, 0.3) is 0 Å². The van der Waals surface area contributed by atoms with Crippen LogP contribution in [-0.4, -0.2) is 27.2 Å². The van der Waals surface area contributed by atoms with Gasteiger partial charge in [-0.25, -0.2) is 9.97 Å². The summed E-state index contributed by atoms with van der Waals surface area (Å²) in [5.74, 6) is 5.81. The van der Waals surface area contributed by atoms with Crippen LogP contribution >= 0.6 is 23.5 Å². The Hall–Kier alpha value is -0.420. The van der Waals surface area contributed by atoms with E-state index in [9.17, 15) is 0 Å². The molecule has 1 saturated heterocycles. The maximum absolute atomic E-state index is 5.97. The summed E-state index contributed by atoms with van der Waals surface area (Å²) >= 11 is 3.98. The first-order valence-corrected chi connectivity index (χ1v) is 8.87. The lowest BCUT2D eigenvalue weighted by Crippen LogP contribution is -2.13. The van der Waals surface area contributed by atoms with Crippen LogP contribution in [0.3, 0.4) is 0 Å². The number of thioether (sulfide) groups is 2. The van der Waals surface area contributed by atoms with Gasteiger partial charge in [0.05, 0.1) is 5.25 Å². The second kappa shape index (κ2) is 5.70. The highest BCUT2D eigenvalue weighted by atomic mass is 32.2. The minimum absolute atomic E-state index is 0.437. The molecule has 1 aromatic rings. The molecule has 3 rings (SSSR count). The second-order valence-corrected chi connectivity index (χ2v) is 7.45. The summed E-state index contributed by atoms with van der Waals surface area (Å²) in [6.45, 7) is 0. The van der Waals surface area contributed by atoms with E-state index < -0.39 is 0 Å². The predicted molar refractivity (Wildman–Crippen MR) is 80.2 cm³/mol. The molecule has 98 valence electrons. The Labute approximate surface area is 117 Å². The van der Waals surface area contributed by atoms with Crippen molar-refractivity contribution < 1.29 is 0 Å². The molecular formula is C13H19N3S2. The van der Waals surface area contributed by atoms with Crippen molar-refractivity contribution in [2.24, 2.45) is 0 Å². The highest BCUT2D eigenvalue weighted by Gasteiger charge is 2.23. The molecule has 5 heteroatoms. The quantitative estimate of drug-likeness (QED) is 0.902. The number of nitrogens with zero attached hydrogens (tertiary/aromatic N) is 2. The molecule has 18 heavy (non-hydrogen) atoms. The molecule has 1 unspecified atom stereocenters. The van der Waals surface area contributed by atoms with Crippen LogP contribution < -0.4 is 5.73 Å². The lowest BCUT2D eigenvalue weighted by Gasteiger charge is -2.21. The Kier molecular flexibility index (Phi) is 3.99. The molecule has 3 nitrogen and oxygen atoms in total. The van der Waals surface area contributed by atoms with E-state index in [4.69, 9.17) is 10.7 Å². The number of anilines is 1. The van der Waals surface area contributed by atoms with Crippen LogP contribution in [0.25, 0.3) is 0 Å². The van der Waals surface area contributed by atoms with Crippen molar-refractivity contribution in [3.05, 3.63) is 17.6 Å². The van der Waals surface area contributed by atoms with Gasteiger partial charge in [-0.05, 0) is 12.8 Å². The van der Waals surface area contributed by atoms with Crippen LogP contribution in [-0.2, 0) is 0 Å². The average Bonchev–Trinajstić information content (AvgIpc) is 2.93. The van der Waals surface area contributed by atoms with Gasteiger partial charge in [0.2, 0.25) is 0 Å². The monoisotopic (exact) mass is 281 g/mol. The third-order valence-corrected chi connectivity index (χ3v) is 6.41. The molecule has 1 atom stereocenters. The zero-order valence-corrected chi connectivity index (χ0v) is 12.1. The topological polar surface area (TPSA) is 51.8 Å². The zero-order valence-electron chi connectivity index (χ0n) is 10.5. The van der Waals surface area contributed by atoms with E-state index in [1.165, 1.54) is 42.9 Å². The van der Waals surface area contributed by atoms with E-state index in [2.05, 4.69) is 4.98 Å². The zero-order chi connectivity index (χ0) is 12.4. The summed E-state index contributed by atoms with van der Waals surface area (Å²) in [6, 6.07) is 1.99. The van der Waals surface area contributed by atoms with Crippen LogP contribution in [0.1, 0.15) is 48.4 Å². The van der Waals surface area contributed by atoms with Gasteiger partial charge in [0.15, 0.2) is 0 Å². The molecule has 1 aliphatic carbocycles. The van der Waals surface area contributed by atoms with Crippen LogP contribution in [0, 0.1) is 0 Å². The van der Waals surface area contributed by atoms with E-state index >= 15 is 0 Å². The van der Waals surface area contributed by atoms with Crippen molar-refractivity contribution in [3.8, 4) is 0 Å². The van der Waals surface area contributed by atoms with Crippen LogP contribution in [0.15, 0.2) is 6.07 Å². The molecular weight excluding hydrogens is 262 g/mol. The van der Waals surface area contributed by atoms with E-state index in [-0.39, 0.29) is 0 Å². The van der Waals surface area contributed by atoms with Gasteiger partial charge in [0.1, 0.15) is 11.6 Å². The first-order valence-electron chi connectivity index (χ1n) is 6.66. The predicted octanol–water partition coefficient (Wildman–Crippen LogP) is 3.24. The summed E-state index contributed by atoms with van der Waals surface area (Å²) in [4.78, 5) is 9.28. The van der Waals surface area contributed by atoms with Crippen molar-refractivity contribution in [3.63, 3.8) is 0 Å². The standard InChI is InChI=1S/C13H19N3S2/c14-12-7-10(9-3-1-2-4-9)15-13(16-12)11-8-17-5-6-18-11/h7,9,11H,1-6,8H2,(H2,14,15,16). The number of nitrogens with two attached hydrogens (primary N) is 1. The smallest absolute Gasteiger partial charge is 0.144 e. The summed E-state index contributed by atoms with van der Waals surface area (Å²) in [7, 11) is 0. The van der Waals surface area contributed by atoms with E-state index in [0.29, 0.717) is 17.0 Å². The van der Waals surface area contributed by atoms with Gasteiger partial charge in [-0.3, -0.25) is 0 Å². The number of hydrogen-bond donors (Lipinski definition) is 1. The van der Waals surface area contributed by atoms with Gasteiger partial charge in [-0.2, -0.15) is 11.8 Å². The summed E-state index contributed by atoms with van der Waals surface area (Å²) in [5.41, 5.74) is 7.15. The first kappa shape index (κ1) is 12.6. The molecule has 0 radical (unpaired) electrons. The molecule has 0 spiro atoms. The van der Waals surface area contributed by atoms with Crippen molar-refractivity contribution in [1.82, 2.24) is 9.97 Å².